The average Bonchev–Trinajstić information content (AvgIpc) is 3.09. The number of amides is 1. The van der Waals surface area contributed by atoms with Gasteiger partial charge in [-0.2, -0.15) is 0 Å². The first-order valence-corrected chi connectivity index (χ1v) is 10.5. The maximum atomic E-state index is 12.8. The molecule has 0 unspecified atom stereocenters. The summed E-state index contributed by atoms with van der Waals surface area (Å²) in [5, 5.41) is 12.3. The van der Waals surface area contributed by atoms with E-state index in [2.05, 4.69) is 29.6 Å². The van der Waals surface area contributed by atoms with E-state index in [1.165, 1.54) is 11.1 Å². The highest BCUT2D eigenvalue weighted by molar-refractivity contribution is 5.79. The van der Waals surface area contributed by atoms with Crippen LogP contribution in [0.25, 0.3) is 11.1 Å². The van der Waals surface area contributed by atoms with Gasteiger partial charge in [-0.25, -0.2) is 4.79 Å². The molecule has 0 bridgehead atoms. The number of carbonyl (C=O) groups is 2. The Bertz CT molecular complexity index is 1090. The molecule has 0 heterocycles. The maximum Gasteiger partial charge on any atom is 0.407 e. The standard InChI is InChI=1S/C26H23NO4/c28-24(29)17-14-26(15-17,18-8-2-1-3-9-18)27-25(30)31-16-23-21-12-6-4-10-19(21)20-11-5-7-13-22(20)23/h1-13,17,23H,14-16H2,(H,27,30)(H,28,29). The van der Waals surface area contributed by atoms with Gasteiger partial charge in [0.2, 0.25) is 0 Å². The van der Waals surface area contributed by atoms with Crippen molar-refractivity contribution in [3.8, 4) is 11.1 Å². The summed E-state index contributed by atoms with van der Waals surface area (Å²) < 4.78 is 5.69. The summed E-state index contributed by atoms with van der Waals surface area (Å²) >= 11 is 0. The van der Waals surface area contributed by atoms with Crippen LogP contribution in [0.2, 0.25) is 0 Å². The molecule has 0 radical (unpaired) electrons. The van der Waals surface area contributed by atoms with Crippen LogP contribution in [0.1, 0.15) is 35.4 Å². The molecule has 156 valence electrons. The van der Waals surface area contributed by atoms with Gasteiger partial charge in [-0.1, -0.05) is 78.9 Å². The molecule has 1 amide bonds. The highest BCUT2D eigenvalue weighted by Gasteiger charge is 2.50. The van der Waals surface area contributed by atoms with Crippen molar-refractivity contribution in [1.29, 1.82) is 0 Å². The first kappa shape index (κ1) is 19.4. The number of benzene rings is 3. The maximum absolute atomic E-state index is 12.8. The number of carboxylic acid groups (broad SMARTS) is 1. The van der Waals surface area contributed by atoms with Gasteiger partial charge in [0.05, 0.1) is 11.5 Å². The lowest BCUT2D eigenvalue weighted by molar-refractivity contribution is -0.148. The van der Waals surface area contributed by atoms with Crippen molar-refractivity contribution in [2.24, 2.45) is 5.92 Å². The summed E-state index contributed by atoms with van der Waals surface area (Å²) in [6.45, 7) is 0.229. The van der Waals surface area contributed by atoms with Gasteiger partial charge in [0, 0.05) is 5.92 Å². The van der Waals surface area contributed by atoms with Crippen molar-refractivity contribution in [2.45, 2.75) is 24.3 Å². The summed E-state index contributed by atoms with van der Waals surface area (Å²) in [5.74, 6) is -1.31. The van der Waals surface area contributed by atoms with Crippen LogP contribution in [0.4, 0.5) is 4.79 Å². The molecular formula is C26H23NO4. The molecule has 1 saturated carbocycles. The predicted octanol–water partition coefficient (Wildman–Crippen LogP) is 4.92. The normalized spacial score (nSPS) is 21.5. The molecule has 3 aromatic carbocycles. The lowest BCUT2D eigenvalue weighted by Gasteiger charge is -2.46. The zero-order chi connectivity index (χ0) is 21.4. The van der Waals surface area contributed by atoms with E-state index in [1.54, 1.807) is 0 Å². The minimum atomic E-state index is -0.833. The number of carboxylic acids is 1. The quantitative estimate of drug-likeness (QED) is 0.623. The van der Waals surface area contributed by atoms with Gasteiger partial charge in [-0.3, -0.25) is 4.79 Å². The van der Waals surface area contributed by atoms with Gasteiger partial charge >= 0.3 is 12.1 Å². The Labute approximate surface area is 180 Å². The molecule has 5 heteroatoms. The minimum absolute atomic E-state index is 0.0148. The Balaban J connectivity index is 1.32. The fourth-order valence-corrected chi connectivity index (χ4v) is 4.95. The first-order chi connectivity index (χ1) is 15.1. The fraction of sp³-hybridized carbons (Fsp3) is 0.231. The van der Waals surface area contributed by atoms with Crippen molar-refractivity contribution in [2.75, 3.05) is 6.61 Å². The SMILES string of the molecule is O=C(NC1(c2ccccc2)CC(C(=O)O)C1)OCC1c2ccccc2-c2ccccc21. The number of rotatable bonds is 5. The van der Waals surface area contributed by atoms with Crippen molar-refractivity contribution >= 4 is 12.1 Å². The number of alkyl carbamates (subject to hydrolysis) is 1. The Morgan fingerprint density at radius 3 is 2.00 bits per heavy atom. The molecule has 0 spiro atoms. The predicted molar refractivity (Wildman–Crippen MR) is 117 cm³/mol. The number of aliphatic carboxylic acids is 1. The molecule has 2 N–H and O–H groups in total. The summed E-state index contributed by atoms with van der Waals surface area (Å²) in [6, 6.07) is 25.9. The van der Waals surface area contributed by atoms with E-state index in [-0.39, 0.29) is 12.5 Å². The number of nitrogens with one attached hydrogen (secondary N) is 1. The first-order valence-electron chi connectivity index (χ1n) is 10.5. The molecule has 2 aliphatic rings. The lowest BCUT2D eigenvalue weighted by Crippen LogP contribution is -2.56. The van der Waals surface area contributed by atoms with Gasteiger partial charge in [-0.15, -0.1) is 0 Å². The molecule has 5 rings (SSSR count). The van der Waals surface area contributed by atoms with E-state index in [0.717, 1.165) is 16.7 Å². The summed E-state index contributed by atoms with van der Waals surface area (Å²) in [7, 11) is 0. The molecule has 2 aliphatic carbocycles. The Kier molecular flexibility index (Phi) is 4.74. The molecule has 0 aliphatic heterocycles. The molecule has 1 fully saturated rings. The van der Waals surface area contributed by atoms with E-state index in [0.29, 0.717) is 12.8 Å². The van der Waals surface area contributed by atoms with Crippen LogP contribution >= 0.6 is 0 Å². The van der Waals surface area contributed by atoms with E-state index >= 15 is 0 Å². The van der Waals surface area contributed by atoms with Crippen LogP contribution in [-0.2, 0) is 15.1 Å². The zero-order valence-corrected chi connectivity index (χ0v) is 17.0. The number of carbonyl (C=O) groups excluding carboxylic acids is 1. The highest BCUT2D eigenvalue weighted by atomic mass is 16.5. The topological polar surface area (TPSA) is 75.6 Å². The Morgan fingerprint density at radius 1 is 0.871 bits per heavy atom. The molecule has 0 atom stereocenters. The van der Waals surface area contributed by atoms with Crippen LogP contribution < -0.4 is 5.32 Å². The van der Waals surface area contributed by atoms with Crippen molar-refractivity contribution in [3.63, 3.8) is 0 Å². The van der Waals surface area contributed by atoms with Gasteiger partial charge in [-0.05, 0) is 40.7 Å². The number of fused-ring (bicyclic) bond motifs is 3. The second-order valence-electron chi connectivity index (χ2n) is 8.34. The second-order valence-corrected chi connectivity index (χ2v) is 8.34. The molecule has 31 heavy (non-hydrogen) atoms. The summed E-state index contributed by atoms with van der Waals surface area (Å²) in [6.07, 6.45) is 0.196. The van der Waals surface area contributed by atoms with Crippen LogP contribution in [0, 0.1) is 5.92 Å². The largest absolute Gasteiger partial charge is 0.481 e. The Morgan fingerprint density at radius 2 is 1.42 bits per heavy atom. The molecule has 3 aromatic rings. The number of ether oxygens (including phenoxy) is 1. The van der Waals surface area contributed by atoms with Gasteiger partial charge < -0.3 is 15.2 Å². The van der Waals surface area contributed by atoms with Crippen LogP contribution in [0.5, 0.6) is 0 Å². The summed E-state index contributed by atoms with van der Waals surface area (Å²) in [5.41, 5.74) is 4.87. The molecule has 5 nitrogen and oxygen atoms in total. The van der Waals surface area contributed by atoms with E-state index in [4.69, 9.17) is 4.74 Å². The lowest BCUT2D eigenvalue weighted by atomic mass is 9.65. The van der Waals surface area contributed by atoms with E-state index in [1.807, 2.05) is 54.6 Å². The minimum Gasteiger partial charge on any atom is -0.481 e. The molecule has 0 saturated heterocycles. The van der Waals surface area contributed by atoms with Crippen LogP contribution in [-0.4, -0.2) is 23.8 Å². The van der Waals surface area contributed by atoms with Crippen molar-refractivity contribution in [1.82, 2.24) is 5.32 Å². The van der Waals surface area contributed by atoms with Crippen LogP contribution in [0.15, 0.2) is 78.9 Å². The number of hydrogen-bond acceptors (Lipinski definition) is 3. The average molecular weight is 413 g/mol. The van der Waals surface area contributed by atoms with E-state index < -0.39 is 23.5 Å². The van der Waals surface area contributed by atoms with Crippen molar-refractivity contribution in [3.05, 3.63) is 95.6 Å². The third kappa shape index (κ3) is 3.36. The molecular weight excluding hydrogens is 390 g/mol. The fourth-order valence-electron chi connectivity index (χ4n) is 4.95. The Hall–Kier alpha value is -3.60. The van der Waals surface area contributed by atoms with E-state index in [9.17, 15) is 14.7 Å². The number of hydrogen-bond donors (Lipinski definition) is 2. The smallest absolute Gasteiger partial charge is 0.407 e. The van der Waals surface area contributed by atoms with Gasteiger partial charge in [0.15, 0.2) is 0 Å². The zero-order valence-electron chi connectivity index (χ0n) is 17.0. The third-order valence-electron chi connectivity index (χ3n) is 6.55. The molecule has 0 aromatic heterocycles. The monoisotopic (exact) mass is 413 g/mol. The highest BCUT2D eigenvalue weighted by Crippen LogP contribution is 2.47. The van der Waals surface area contributed by atoms with Crippen molar-refractivity contribution < 1.29 is 19.4 Å². The second kappa shape index (κ2) is 7.58. The van der Waals surface area contributed by atoms with Gasteiger partial charge in [0.1, 0.15) is 6.61 Å². The van der Waals surface area contributed by atoms with Gasteiger partial charge in [0.25, 0.3) is 0 Å². The summed E-state index contributed by atoms with van der Waals surface area (Å²) in [4.78, 5) is 24.2. The third-order valence-corrected chi connectivity index (χ3v) is 6.55. The van der Waals surface area contributed by atoms with Crippen LogP contribution in [0.3, 0.4) is 0 Å².